The number of ketones is 1. The number of carbonyl (C=O) groups is 3. The lowest BCUT2D eigenvalue weighted by Gasteiger charge is -2.20. The number of hydrogen-bond donors (Lipinski definition) is 2. The maximum atomic E-state index is 12.9. The van der Waals surface area contributed by atoms with Gasteiger partial charge in [0, 0.05) is 29.9 Å². The third-order valence-corrected chi connectivity index (χ3v) is 6.02. The average Bonchev–Trinajstić information content (AvgIpc) is 3.17. The standard InChI is InChI=1S/C22H23NO6S/c1-13-3-5-15(6-4-13)18(25)10-21(30-11-17(22(26)27)23-14(2)24)16-7-8-19-20(9-16)29-12-28-19/h3-9,17,21H,10-12H2,1-2H3,(H,23,24)(H,26,27). The van der Waals surface area contributed by atoms with E-state index in [-0.39, 0.29) is 30.0 Å². The van der Waals surface area contributed by atoms with Crippen molar-refractivity contribution in [1.82, 2.24) is 5.32 Å². The Bertz CT molecular complexity index is 943. The number of thioether (sulfide) groups is 1. The molecule has 0 radical (unpaired) electrons. The number of ether oxygens (including phenoxy) is 2. The summed E-state index contributed by atoms with van der Waals surface area (Å²) in [4.78, 5) is 35.7. The largest absolute Gasteiger partial charge is 0.480 e. The number of carbonyl (C=O) groups excluding carboxylic acids is 2. The first kappa shape index (κ1) is 21.7. The first-order valence-electron chi connectivity index (χ1n) is 9.44. The van der Waals surface area contributed by atoms with Gasteiger partial charge in [0.15, 0.2) is 17.3 Å². The zero-order valence-corrected chi connectivity index (χ0v) is 17.5. The summed E-state index contributed by atoms with van der Waals surface area (Å²) in [6.07, 6.45) is 0.180. The molecule has 0 bridgehead atoms. The van der Waals surface area contributed by atoms with Crippen LogP contribution in [0, 0.1) is 6.92 Å². The van der Waals surface area contributed by atoms with Gasteiger partial charge >= 0.3 is 5.97 Å². The molecule has 8 heteroatoms. The van der Waals surface area contributed by atoms with Gasteiger partial charge in [-0.25, -0.2) is 4.79 Å². The van der Waals surface area contributed by atoms with Gasteiger partial charge in [0.05, 0.1) is 0 Å². The van der Waals surface area contributed by atoms with Crippen molar-refractivity contribution in [2.45, 2.75) is 31.6 Å². The molecule has 1 aliphatic heterocycles. The Morgan fingerprint density at radius 3 is 2.47 bits per heavy atom. The van der Waals surface area contributed by atoms with Gasteiger partial charge < -0.3 is 19.9 Å². The molecular weight excluding hydrogens is 406 g/mol. The Morgan fingerprint density at radius 2 is 1.80 bits per heavy atom. The molecule has 0 saturated carbocycles. The molecule has 0 fully saturated rings. The Hall–Kier alpha value is -3.00. The van der Waals surface area contributed by atoms with E-state index < -0.39 is 17.9 Å². The highest BCUT2D eigenvalue weighted by atomic mass is 32.2. The van der Waals surface area contributed by atoms with Crippen LogP contribution in [-0.2, 0) is 9.59 Å². The molecule has 1 heterocycles. The van der Waals surface area contributed by atoms with Crippen LogP contribution in [0.1, 0.15) is 40.1 Å². The summed E-state index contributed by atoms with van der Waals surface area (Å²) in [6.45, 7) is 3.37. The monoisotopic (exact) mass is 429 g/mol. The number of nitrogens with one attached hydrogen (secondary N) is 1. The minimum atomic E-state index is -1.12. The van der Waals surface area contributed by atoms with Gasteiger partial charge in [0.1, 0.15) is 6.04 Å². The molecule has 0 spiro atoms. The fraction of sp³-hybridized carbons (Fsp3) is 0.318. The zero-order valence-electron chi connectivity index (χ0n) is 16.7. The van der Waals surface area contributed by atoms with E-state index in [0.717, 1.165) is 11.1 Å². The van der Waals surface area contributed by atoms with Crippen LogP contribution in [0.15, 0.2) is 42.5 Å². The number of benzene rings is 2. The number of aliphatic carboxylic acids is 1. The lowest BCUT2D eigenvalue weighted by molar-refractivity contribution is -0.140. The van der Waals surface area contributed by atoms with Crippen molar-refractivity contribution < 1.29 is 29.0 Å². The first-order valence-corrected chi connectivity index (χ1v) is 10.5. The number of Topliss-reactive ketones (excluding diaryl/α,β-unsaturated/α-hetero) is 1. The molecule has 0 aromatic heterocycles. The Kier molecular flexibility index (Phi) is 6.99. The van der Waals surface area contributed by atoms with Crippen LogP contribution in [-0.4, -0.2) is 41.4 Å². The van der Waals surface area contributed by atoms with E-state index in [9.17, 15) is 19.5 Å². The van der Waals surface area contributed by atoms with Crippen LogP contribution in [0.2, 0.25) is 0 Å². The van der Waals surface area contributed by atoms with Crippen LogP contribution in [0.25, 0.3) is 0 Å². The molecule has 1 amide bonds. The van der Waals surface area contributed by atoms with E-state index >= 15 is 0 Å². The van der Waals surface area contributed by atoms with Crippen LogP contribution in [0.4, 0.5) is 0 Å². The highest BCUT2D eigenvalue weighted by Gasteiger charge is 2.25. The van der Waals surface area contributed by atoms with Gasteiger partial charge in [0.2, 0.25) is 12.7 Å². The van der Waals surface area contributed by atoms with E-state index in [4.69, 9.17) is 9.47 Å². The normalized spacial score (nSPS) is 14.1. The Labute approximate surface area is 178 Å². The fourth-order valence-corrected chi connectivity index (χ4v) is 4.30. The van der Waals surface area contributed by atoms with E-state index in [0.29, 0.717) is 17.1 Å². The summed E-state index contributed by atoms with van der Waals surface area (Å²) in [7, 11) is 0. The fourth-order valence-electron chi connectivity index (χ4n) is 3.04. The third kappa shape index (κ3) is 5.54. The first-order chi connectivity index (χ1) is 14.3. The van der Waals surface area contributed by atoms with E-state index in [1.807, 2.05) is 31.2 Å². The summed E-state index contributed by atoms with van der Waals surface area (Å²) in [5, 5.41) is 11.5. The number of carboxylic acid groups (broad SMARTS) is 1. The van der Waals surface area contributed by atoms with Gasteiger partial charge in [0.25, 0.3) is 0 Å². The summed E-state index contributed by atoms with van der Waals surface area (Å²) in [5.41, 5.74) is 2.49. The van der Waals surface area contributed by atoms with Crippen molar-refractivity contribution in [1.29, 1.82) is 0 Å². The zero-order chi connectivity index (χ0) is 21.7. The predicted molar refractivity (Wildman–Crippen MR) is 113 cm³/mol. The molecule has 0 aliphatic carbocycles. The maximum Gasteiger partial charge on any atom is 0.327 e. The number of hydrogen-bond acceptors (Lipinski definition) is 6. The highest BCUT2D eigenvalue weighted by Crippen LogP contribution is 2.40. The van der Waals surface area contributed by atoms with Crippen LogP contribution in [0.3, 0.4) is 0 Å². The van der Waals surface area contributed by atoms with E-state index in [1.54, 1.807) is 18.2 Å². The number of fused-ring (bicyclic) bond motifs is 1. The smallest absolute Gasteiger partial charge is 0.327 e. The van der Waals surface area contributed by atoms with E-state index in [2.05, 4.69) is 5.32 Å². The quantitative estimate of drug-likeness (QED) is 0.589. The van der Waals surface area contributed by atoms with Crippen molar-refractivity contribution >= 4 is 29.4 Å². The molecule has 2 aromatic carbocycles. The number of rotatable bonds is 9. The van der Waals surface area contributed by atoms with Crippen LogP contribution < -0.4 is 14.8 Å². The molecular formula is C22H23NO6S. The molecule has 0 saturated heterocycles. The summed E-state index contributed by atoms with van der Waals surface area (Å²) < 4.78 is 10.8. The molecule has 2 N–H and O–H groups in total. The molecule has 2 aromatic rings. The molecule has 2 unspecified atom stereocenters. The Morgan fingerprint density at radius 1 is 1.10 bits per heavy atom. The van der Waals surface area contributed by atoms with Gasteiger partial charge in [-0.05, 0) is 24.6 Å². The van der Waals surface area contributed by atoms with Gasteiger partial charge in [-0.3, -0.25) is 9.59 Å². The molecule has 158 valence electrons. The van der Waals surface area contributed by atoms with Crippen molar-refractivity contribution in [3.63, 3.8) is 0 Å². The van der Waals surface area contributed by atoms with Crippen LogP contribution >= 0.6 is 11.8 Å². The average molecular weight is 429 g/mol. The molecule has 30 heavy (non-hydrogen) atoms. The number of carboxylic acids is 1. The van der Waals surface area contributed by atoms with Gasteiger partial charge in [-0.2, -0.15) is 11.8 Å². The van der Waals surface area contributed by atoms with Crippen molar-refractivity contribution in [3.8, 4) is 11.5 Å². The van der Waals surface area contributed by atoms with Gasteiger partial charge in [-0.15, -0.1) is 0 Å². The topological polar surface area (TPSA) is 102 Å². The molecule has 3 rings (SSSR count). The second-order valence-corrected chi connectivity index (χ2v) is 8.26. The van der Waals surface area contributed by atoms with Crippen molar-refractivity contribution in [2.75, 3.05) is 12.5 Å². The highest BCUT2D eigenvalue weighted by molar-refractivity contribution is 7.99. The van der Waals surface area contributed by atoms with E-state index in [1.165, 1.54) is 18.7 Å². The Balaban J connectivity index is 1.80. The lowest BCUT2D eigenvalue weighted by Crippen LogP contribution is -2.41. The lowest BCUT2D eigenvalue weighted by atomic mass is 10.0. The minimum Gasteiger partial charge on any atom is -0.480 e. The summed E-state index contributed by atoms with van der Waals surface area (Å²) in [6, 6.07) is 11.7. The second kappa shape index (κ2) is 9.67. The van der Waals surface area contributed by atoms with Crippen molar-refractivity contribution in [2.24, 2.45) is 0 Å². The predicted octanol–water partition coefficient (Wildman–Crippen LogP) is 3.36. The number of aryl methyl sites for hydroxylation is 1. The van der Waals surface area contributed by atoms with Crippen LogP contribution in [0.5, 0.6) is 11.5 Å². The molecule has 2 atom stereocenters. The minimum absolute atomic E-state index is 0.0448. The van der Waals surface area contributed by atoms with Crippen molar-refractivity contribution in [3.05, 3.63) is 59.2 Å². The number of amides is 1. The van der Waals surface area contributed by atoms with Gasteiger partial charge in [-0.1, -0.05) is 35.9 Å². The third-order valence-electron chi connectivity index (χ3n) is 4.65. The SMILES string of the molecule is CC(=O)NC(CSC(CC(=O)c1ccc(C)cc1)c1ccc2c(c1)OCO2)C(=O)O. The summed E-state index contributed by atoms with van der Waals surface area (Å²) >= 11 is 1.31. The molecule has 1 aliphatic rings. The molecule has 7 nitrogen and oxygen atoms in total. The summed E-state index contributed by atoms with van der Waals surface area (Å²) in [5.74, 6) is -0.233. The maximum absolute atomic E-state index is 12.9. The second-order valence-electron chi connectivity index (χ2n) is 7.02.